The lowest BCUT2D eigenvalue weighted by molar-refractivity contribution is 0.306. The van der Waals surface area contributed by atoms with Crippen molar-refractivity contribution in [3.8, 4) is 6.07 Å². The van der Waals surface area contributed by atoms with Crippen molar-refractivity contribution in [2.45, 2.75) is 26.2 Å². The van der Waals surface area contributed by atoms with Crippen molar-refractivity contribution in [1.29, 1.82) is 5.26 Å². The zero-order chi connectivity index (χ0) is 11.8. The summed E-state index contributed by atoms with van der Waals surface area (Å²) in [4.78, 5) is 0. The van der Waals surface area contributed by atoms with Gasteiger partial charge in [0.2, 0.25) is 0 Å². The third-order valence-electron chi connectivity index (χ3n) is 2.49. The minimum Gasteiger partial charge on any atom is -0.497 e. The van der Waals surface area contributed by atoms with Crippen molar-refractivity contribution in [3.05, 3.63) is 47.3 Å². The molecule has 1 aliphatic carbocycles. The molecular weight excluding hydrogens is 198 g/mol. The number of nitrogens with zero attached hydrogens (tertiary/aromatic N) is 1. The third-order valence-corrected chi connectivity index (χ3v) is 2.49. The first-order chi connectivity index (χ1) is 7.77. The lowest BCUT2D eigenvalue weighted by Crippen LogP contribution is -1.90. The lowest BCUT2D eigenvalue weighted by Gasteiger charge is -2.07. The first kappa shape index (κ1) is 12.3. The molecule has 1 aliphatic rings. The van der Waals surface area contributed by atoms with Gasteiger partial charge in [-0.15, -0.1) is 0 Å². The summed E-state index contributed by atoms with van der Waals surface area (Å²) in [7, 11) is 1.66. The minimum absolute atomic E-state index is 0.461. The predicted octanol–water partition coefficient (Wildman–Crippen LogP) is 3.65. The highest BCUT2D eigenvalue weighted by Crippen LogP contribution is 2.18. The molecule has 84 valence electrons. The molecule has 0 amide bonds. The van der Waals surface area contributed by atoms with Crippen molar-refractivity contribution < 1.29 is 4.74 Å². The van der Waals surface area contributed by atoms with Gasteiger partial charge >= 0.3 is 0 Å². The molecule has 2 heteroatoms. The van der Waals surface area contributed by atoms with E-state index in [2.05, 4.69) is 18.2 Å². The largest absolute Gasteiger partial charge is 0.497 e. The summed E-state index contributed by atoms with van der Waals surface area (Å²) in [5.74, 6) is 0.819. The Labute approximate surface area is 97.2 Å². The fourth-order valence-electron chi connectivity index (χ4n) is 1.55. The van der Waals surface area contributed by atoms with Gasteiger partial charge in [0.15, 0.2) is 0 Å². The highest BCUT2D eigenvalue weighted by atomic mass is 16.5. The summed E-state index contributed by atoms with van der Waals surface area (Å²) >= 11 is 0. The van der Waals surface area contributed by atoms with E-state index in [1.807, 2.05) is 25.2 Å². The van der Waals surface area contributed by atoms with Gasteiger partial charge in [0.1, 0.15) is 5.76 Å². The van der Waals surface area contributed by atoms with Gasteiger partial charge in [-0.05, 0) is 43.1 Å². The molecule has 0 heterocycles. The number of methoxy groups -OCH3 is 1. The summed E-state index contributed by atoms with van der Waals surface area (Å²) in [6.45, 7) is 2.02. The average Bonchev–Trinajstić information content (AvgIpc) is 2.30. The molecule has 0 unspecified atom stereocenters. The standard InChI is InChI=1S/C14H17NO/c1-12-11-14(16-2)8-6-4-3-5-7-13(12)9-10-15/h4,6-8,11H,3,5,9H2,1-2H3/b6-4+,12-11?,13-7-,14-8?. The molecule has 16 heavy (non-hydrogen) atoms. The molecule has 1 rings (SSSR count). The van der Waals surface area contributed by atoms with E-state index >= 15 is 0 Å². The highest BCUT2D eigenvalue weighted by molar-refractivity contribution is 5.37. The number of hydrogen-bond acceptors (Lipinski definition) is 2. The van der Waals surface area contributed by atoms with E-state index in [9.17, 15) is 0 Å². The molecule has 0 atom stereocenters. The van der Waals surface area contributed by atoms with E-state index in [-0.39, 0.29) is 0 Å². The van der Waals surface area contributed by atoms with Crippen LogP contribution in [-0.4, -0.2) is 7.11 Å². The Kier molecular flexibility index (Phi) is 5.15. The summed E-state index contributed by atoms with van der Waals surface area (Å²) in [5.41, 5.74) is 2.20. The second-order valence-electron chi connectivity index (χ2n) is 3.67. The summed E-state index contributed by atoms with van der Waals surface area (Å²) in [6.07, 6.45) is 12.6. The fourth-order valence-corrected chi connectivity index (χ4v) is 1.55. The Morgan fingerprint density at radius 3 is 2.94 bits per heavy atom. The summed E-state index contributed by atoms with van der Waals surface area (Å²) in [5, 5.41) is 8.77. The number of hydrogen-bond donors (Lipinski definition) is 0. The van der Waals surface area contributed by atoms with Crippen LogP contribution in [0, 0.1) is 11.3 Å². The zero-order valence-corrected chi connectivity index (χ0v) is 9.86. The summed E-state index contributed by atoms with van der Waals surface area (Å²) in [6, 6.07) is 2.20. The van der Waals surface area contributed by atoms with E-state index in [0.29, 0.717) is 6.42 Å². The Bertz CT molecular complexity index is 391. The molecule has 0 radical (unpaired) electrons. The van der Waals surface area contributed by atoms with E-state index in [4.69, 9.17) is 10.00 Å². The van der Waals surface area contributed by atoms with Crippen molar-refractivity contribution in [2.75, 3.05) is 7.11 Å². The number of rotatable bonds is 2. The van der Waals surface area contributed by atoms with Gasteiger partial charge in [-0.2, -0.15) is 5.26 Å². The monoisotopic (exact) mass is 215 g/mol. The van der Waals surface area contributed by atoms with E-state index in [0.717, 1.165) is 29.7 Å². The maximum atomic E-state index is 8.77. The van der Waals surface area contributed by atoms with Gasteiger partial charge in [0.05, 0.1) is 19.6 Å². The van der Waals surface area contributed by atoms with Gasteiger partial charge in [0, 0.05) is 0 Å². The Balaban J connectivity index is 3.01. The molecule has 0 N–H and O–H groups in total. The van der Waals surface area contributed by atoms with Crippen molar-refractivity contribution >= 4 is 0 Å². The van der Waals surface area contributed by atoms with E-state index < -0.39 is 0 Å². The normalized spacial score (nSPS) is 21.9. The summed E-state index contributed by atoms with van der Waals surface area (Å²) < 4.78 is 5.24. The molecule has 0 aliphatic heterocycles. The van der Waals surface area contributed by atoms with Gasteiger partial charge in [-0.25, -0.2) is 0 Å². The third kappa shape index (κ3) is 3.78. The smallest absolute Gasteiger partial charge is 0.119 e. The second kappa shape index (κ2) is 6.68. The number of nitriles is 1. The molecule has 0 bridgehead atoms. The van der Waals surface area contributed by atoms with Crippen LogP contribution in [0.4, 0.5) is 0 Å². The molecule has 0 aromatic rings. The van der Waals surface area contributed by atoms with Crippen LogP contribution in [0.15, 0.2) is 47.3 Å². The SMILES string of the molecule is COC1=C/C=C/CC/C=C(/CC#N)C(C)=C1. The quantitative estimate of drug-likeness (QED) is 0.704. The second-order valence-corrected chi connectivity index (χ2v) is 3.67. The van der Waals surface area contributed by atoms with E-state index in [1.54, 1.807) is 7.11 Å². The van der Waals surface area contributed by atoms with Gasteiger partial charge in [-0.1, -0.05) is 18.2 Å². The van der Waals surface area contributed by atoms with Crippen LogP contribution in [0.5, 0.6) is 0 Å². The zero-order valence-electron chi connectivity index (χ0n) is 9.86. The maximum Gasteiger partial charge on any atom is 0.119 e. The van der Waals surface area contributed by atoms with Crippen LogP contribution in [0.25, 0.3) is 0 Å². The number of allylic oxidation sites excluding steroid dienone is 7. The molecule has 0 aromatic carbocycles. The van der Waals surface area contributed by atoms with Gasteiger partial charge in [0.25, 0.3) is 0 Å². The lowest BCUT2D eigenvalue weighted by atomic mass is 10.0. The molecule has 0 saturated heterocycles. The minimum atomic E-state index is 0.461. The van der Waals surface area contributed by atoms with E-state index in [1.165, 1.54) is 0 Å². The Hall–Kier alpha value is -1.75. The van der Waals surface area contributed by atoms with Crippen LogP contribution in [-0.2, 0) is 4.74 Å². The fraction of sp³-hybridized carbons (Fsp3) is 0.357. The van der Waals surface area contributed by atoms with Crippen LogP contribution in [0.3, 0.4) is 0 Å². The van der Waals surface area contributed by atoms with Gasteiger partial charge < -0.3 is 4.74 Å². The Morgan fingerprint density at radius 2 is 2.25 bits per heavy atom. The topological polar surface area (TPSA) is 33.0 Å². The molecule has 0 spiro atoms. The molecule has 0 fully saturated rings. The highest BCUT2D eigenvalue weighted by Gasteiger charge is 2.02. The van der Waals surface area contributed by atoms with Crippen molar-refractivity contribution in [1.82, 2.24) is 0 Å². The first-order valence-corrected chi connectivity index (χ1v) is 5.43. The molecule has 2 nitrogen and oxygen atoms in total. The van der Waals surface area contributed by atoms with Crippen LogP contribution >= 0.6 is 0 Å². The van der Waals surface area contributed by atoms with Crippen LogP contribution < -0.4 is 0 Å². The predicted molar refractivity (Wildman–Crippen MR) is 65.5 cm³/mol. The van der Waals surface area contributed by atoms with Crippen molar-refractivity contribution in [3.63, 3.8) is 0 Å². The molecular formula is C14H17NO. The molecule has 0 aromatic heterocycles. The average molecular weight is 215 g/mol. The maximum absolute atomic E-state index is 8.77. The van der Waals surface area contributed by atoms with Crippen molar-refractivity contribution in [2.24, 2.45) is 0 Å². The number of ether oxygens (including phenoxy) is 1. The Morgan fingerprint density at radius 1 is 1.44 bits per heavy atom. The molecule has 0 saturated carbocycles. The van der Waals surface area contributed by atoms with Gasteiger partial charge in [-0.3, -0.25) is 0 Å². The first-order valence-electron chi connectivity index (χ1n) is 5.43. The van der Waals surface area contributed by atoms with Crippen LogP contribution in [0.1, 0.15) is 26.2 Å². The van der Waals surface area contributed by atoms with Crippen LogP contribution in [0.2, 0.25) is 0 Å².